The fourth-order valence-electron chi connectivity index (χ4n) is 1.61. The highest BCUT2D eigenvalue weighted by Crippen LogP contribution is 2.28. The minimum Gasteiger partial charge on any atom is -0.478 e. The van der Waals surface area contributed by atoms with Gasteiger partial charge in [-0.3, -0.25) is 0 Å². The van der Waals surface area contributed by atoms with E-state index in [1.54, 1.807) is 12.3 Å². The summed E-state index contributed by atoms with van der Waals surface area (Å²) in [5.74, 6) is -0.989. The number of carbonyl (C=O) groups is 1. The molecule has 96 valence electrons. The first-order valence-corrected chi connectivity index (χ1v) is 6.24. The average Bonchev–Trinajstić information content (AvgIpc) is 2.95. The highest BCUT2D eigenvalue weighted by atomic mass is 32.2. The number of oxazole rings is 1. The Morgan fingerprint density at radius 2 is 2.32 bits per heavy atom. The molecule has 2 aromatic heterocycles. The van der Waals surface area contributed by atoms with E-state index in [9.17, 15) is 4.79 Å². The Kier molecular flexibility index (Phi) is 2.75. The molecule has 3 aromatic rings. The Hall–Kier alpha value is -2.28. The predicted octanol–water partition coefficient (Wildman–Crippen LogP) is 2.41. The lowest BCUT2D eigenvalue weighted by atomic mass is 10.2. The van der Waals surface area contributed by atoms with Crippen LogP contribution in [0.4, 0.5) is 0 Å². The van der Waals surface area contributed by atoms with Gasteiger partial charge in [0, 0.05) is 31.2 Å². The number of nitrogens with zero attached hydrogens (tertiary/aromatic N) is 3. The molecule has 0 radical (unpaired) electrons. The number of aromatic carboxylic acids is 1. The molecule has 3 rings (SSSR count). The molecule has 0 aliphatic carbocycles. The summed E-state index contributed by atoms with van der Waals surface area (Å²) in [6, 6.07) is 4.60. The number of rotatable bonds is 3. The number of benzene rings is 1. The molecule has 0 saturated carbocycles. The van der Waals surface area contributed by atoms with Crippen LogP contribution in [-0.2, 0) is 7.05 Å². The average molecular weight is 275 g/mol. The first-order chi connectivity index (χ1) is 9.13. The first-order valence-electron chi connectivity index (χ1n) is 5.42. The van der Waals surface area contributed by atoms with Crippen molar-refractivity contribution in [2.24, 2.45) is 7.05 Å². The molecule has 19 heavy (non-hydrogen) atoms. The fraction of sp³-hybridized carbons (Fsp3) is 0.0833. The van der Waals surface area contributed by atoms with Crippen molar-refractivity contribution in [3.05, 3.63) is 36.2 Å². The summed E-state index contributed by atoms with van der Waals surface area (Å²) in [6.45, 7) is 0. The summed E-state index contributed by atoms with van der Waals surface area (Å²) < 4.78 is 7.37. The maximum atomic E-state index is 10.9. The van der Waals surface area contributed by atoms with Crippen molar-refractivity contribution >= 4 is 28.8 Å². The molecule has 0 spiro atoms. The van der Waals surface area contributed by atoms with Crippen molar-refractivity contribution in [1.82, 2.24) is 14.5 Å². The lowest BCUT2D eigenvalue weighted by Crippen LogP contribution is -1.94. The molecule has 0 fully saturated rings. The van der Waals surface area contributed by atoms with E-state index < -0.39 is 5.97 Å². The minimum absolute atomic E-state index is 0.178. The van der Waals surface area contributed by atoms with E-state index in [1.165, 1.54) is 23.9 Å². The molecular weight excluding hydrogens is 266 g/mol. The standard InChI is InChI=1S/C12H9N3O3S/c1-15-5-4-13-11(15)19-12-14-8-3-2-7(10(16)17)6-9(8)18-12/h2-6H,1H3,(H,16,17). The normalized spacial score (nSPS) is 11.0. The summed E-state index contributed by atoms with van der Waals surface area (Å²) in [6.07, 6.45) is 3.51. The number of hydrogen-bond donors (Lipinski definition) is 1. The minimum atomic E-state index is -0.989. The molecule has 1 aromatic carbocycles. The van der Waals surface area contributed by atoms with E-state index in [0.717, 1.165) is 5.16 Å². The van der Waals surface area contributed by atoms with Crippen LogP contribution in [0.3, 0.4) is 0 Å². The number of hydrogen-bond acceptors (Lipinski definition) is 5. The van der Waals surface area contributed by atoms with Crippen molar-refractivity contribution in [2.75, 3.05) is 0 Å². The number of aryl methyl sites for hydroxylation is 1. The van der Waals surface area contributed by atoms with Gasteiger partial charge < -0.3 is 14.1 Å². The molecule has 0 bridgehead atoms. The van der Waals surface area contributed by atoms with E-state index in [0.29, 0.717) is 16.3 Å². The SMILES string of the molecule is Cn1ccnc1Sc1nc2ccc(C(=O)O)cc2o1. The summed E-state index contributed by atoms with van der Waals surface area (Å²) >= 11 is 1.29. The zero-order valence-corrected chi connectivity index (χ0v) is 10.7. The lowest BCUT2D eigenvalue weighted by Gasteiger charge is -1.95. The van der Waals surface area contributed by atoms with Crippen LogP contribution in [0, 0.1) is 0 Å². The Balaban J connectivity index is 1.97. The zero-order valence-electron chi connectivity index (χ0n) is 9.90. The van der Waals surface area contributed by atoms with Crippen molar-refractivity contribution in [1.29, 1.82) is 0 Å². The topological polar surface area (TPSA) is 81.2 Å². The summed E-state index contributed by atoms with van der Waals surface area (Å²) in [5.41, 5.74) is 1.26. The smallest absolute Gasteiger partial charge is 0.335 e. The fourth-order valence-corrected chi connectivity index (χ4v) is 2.36. The van der Waals surface area contributed by atoms with Crippen molar-refractivity contribution < 1.29 is 14.3 Å². The van der Waals surface area contributed by atoms with Gasteiger partial charge in [-0.15, -0.1) is 0 Å². The van der Waals surface area contributed by atoms with Crippen LogP contribution in [0.1, 0.15) is 10.4 Å². The highest BCUT2D eigenvalue weighted by molar-refractivity contribution is 7.99. The van der Waals surface area contributed by atoms with Crippen LogP contribution in [0.5, 0.6) is 0 Å². The van der Waals surface area contributed by atoms with Gasteiger partial charge in [0.1, 0.15) is 5.52 Å². The second-order valence-electron chi connectivity index (χ2n) is 3.89. The molecule has 0 atom stereocenters. The molecule has 0 aliphatic rings. The van der Waals surface area contributed by atoms with Gasteiger partial charge in [-0.2, -0.15) is 0 Å². The van der Waals surface area contributed by atoms with E-state index >= 15 is 0 Å². The molecular formula is C12H9N3O3S. The van der Waals surface area contributed by atoms with Crippen LogP contribution in [0.15, 0.2) is 45.4 Å². The summed E-state index contributed by atoms with van der Waals surface area (Å²) in [4.78, 5) is 19.3. The van der Waals surface area contributed by atoms with E-state index in [2.05, 4.69) is 9.97 Å². The molecule has 6 nitrogen and oxygen atoms in total. The number of imidazole rings is 1. The monoisotopic (exact) mass is 275 g/mol. The van der Waals surface area contributed by atoms with E-state index in [4.69, 9.17) is 9.52 Å². The van der Waals surface area contributed by atoms with E-state index in [1.807, 2.05) is 17.8 Å². The van der Waals surface area contributed by atoms with Gasteiger partial charge in [-0.25, -0.2) is 14.8 Å². The van der Waals surface area contributed by atoms with Crippen LogP contribution in [0.25, 0.3) is 11.1 Å². The van der Waals surface area contributed by atoms with Crippen molar-refractivity contribution in [2.45, 2.75) is 10.4 Å². The van der Waals surface area contributed by atoms with Gasteiger partial charge in [0.2, 0.25) is 0 Å². The van der Waals surface area contributed by atoms with Gasteiger partial charge in [-0.05, 0) is 18.2 Å². The van der Waals surface area contributed by atoms with Crippen molar-refractivity contribution in [3.8, 4) is 0 Å². The van der Waals surface area contributed by atoms with E-state index in [-0.39, 0.29) is 5.56 Å². The quantitative estimate of drug-likeness (QED) is 0.790. The third-order valence-corrected chi connectivity index (χ3v) is 3.50. The Bertz CT molecular complexity index is 763. The lowest BCUT2D eigenvalue weighted by molar-refractivity contribution is 0.0697. The van der Waals surface area contributed by atoms with Crippen LogP contribution in [-0.4, -0.2) is 25.6 Å². The molecule has 0 aliphatic heterocycles. The van der Waals surface area contributed by atoms with Crippen molar-refractivity contribution in [3.63, 3.8) is 0 Å². The molecule has 1 N–H and O–H groups in total. The second-order valence-corrected chi connectivity index (χ2v) is 4.81. The van der Waals surface area contributed by atoms with Crippen LogP contribution < -0.4 is 0 Å². The maximum absolute atomic E-state index is 10.9. The van der Waals surface area contributed by atoms with Gasteiger partial charge in [0.15, 0.2) is 10.7 Å². The largest absolute Gasteiger partial charge is 0.478 e. The zero-order chi connectivity index (χ0) is 13.4. The van der Waals surface area contributed by atoms with Crippen LogP contribution in [0.2, 0.25) is 0 Å². The predicted molar refractivity (Wildman–Crippen MR) is 68.3 cm³/mol. The summed E-state index contributed by atoms with van der Waals surface area (Å²) in [5, 5.41) is 10.1. The van der Waals surface area contributed by atoms with Gasteiger partial charge in [-0.1, -0.05) is 0 Å². The highest BCUT2D eigenvalue weighted by Gasteiger charge is 2.12. The van der Waals surface area contributed by atoms with Gasteiger partial charge in [0.25, 0.3) is 5.22 Å². The Morgan fingerprint density at radius 1 is 1.47 bits per heavy atom. The number of carboxylic acid groups (broad SMARTS) is 1. The third kappa shape index (κ3) is 2.19. The van der Waals surface area contributed by atoms with Crippen LogP contribution >= 0.6 is 11.8 Å². The molecule has 2 heterocycles. The third-order valence-electron chi connectivity index (χ3n) is 2.57. The number of fused-ring (bicyclic) bond motifs is 1. The molecule has 0 saturated heterocycles. The Labute approximate surface area is 112 Å². The maximum Gasteiger partial charge on any atom is 0.335 e. The molecule has 0 amide bonds. The number of aromatic nitrogens is 3. The molecule has 0 unspecified atom stereocenters. The number of carboxylic acids is 1. The first kappa shape index (κ1) is 11.8. The van der Waals surface area contributed by atoms with Gasteiger partial charge >= 0.3 is 5.97 Å². The Morgan fingerprint density at radius 3 is 3.00 bits per heavy atom. The second kappa shape index (κ2) is 4.43. The summed E-state index contributed by atoms with van der Waals surface area (Å²) in [7, 11) is 1.88. The molecule has 7 heteroatoms. The van der Waals surface area contributed by atoms with Gasteiger partial charge in [0.05, 0.1) is 5.56 Å².